The Bertz CT molecular complexity index is 636. The SMILES string of the molecule is CC1=[C]([Ti+3])C(C)([SiH2]c2ccccc2)C(CC2CCCCC2)=C1C.[Cl-].[Cl-].[Cl-]. The predicted molar refractivity (Wildman–Crippen MR) is 99.6 cm³/mol. The van der Waals surface area contributed by atoms with E-state index in [4.69, 9.17) is 0 Å². The van der Waals surface area contributed by atoms with Crippen LogP contribution in [0.2, 0.25) is 5.04 Å². The Balaban J connectivity index is 0.00000208. The number of halogens is 3. The predicted octanol–water partition coefficient (Wildman–Crippen LogP) is -4.21. The van der Waals surface area contributed by atoms with E-state index in [1.165, 1.54) is 38.5 Å². The molecule has 1 fully saturated rings. The van der Waals surface area contributed by atoms with Gasteiger partial charge in [-0.1, -0.05) is 0 Å². The summed E-state index contributed by atoms with van der Waals surface area (Å²) in [5.74, 6) is 0.941. The van der Waals surface area contributed by atoms with Crippen LogP contribution < -0.4 is 42.4 Å². The first-order valence-corrected chi connectivity index (χ1v) is 11.4. The maximum absolute atomic E-state index is 2.56. The van der Waals surface area contributed by atoms with E-state index in [0.717, 1.165) is 5.92 Å². The summed E-state index contributed by atoms with van der Waals surface area (Å²) in [5.41, 5.74) is 5.01. The number of rotatable bonds is 4. The molecule has 0 amide bonds. The molecular formula is C21H29Cl3SiTi. The monoisotopic (exact) mass is 462 g/mol. The molecule has 2 aliphatic carbocycles. The van der Waals surface area contributed by atoms with Crippen molar-refractivity contribution in [2.45, 2.75) is 64.3 Å². The van der Waals surface area contributed by atoms with Crippen molar-refractivity contribution < 1.29 is 57.7 Å². The summed E-state index contributed by atoms with van der Waals surface area (Å²) in [5, 5.41) is 1.98. The zero-order valence-corrected chi connectivity index (χ0v) is 21.3. The fourth-order valence-electron chi connectivity index (χ4n) is 4.65. The Morgan fingerprint density at radius 3 is 2.12 bits per heavy atom. The van der Waals surface area contributed by atoms with Crippen molar-refractivity contribution in [2.24, 2.45) is 5.92 Å². The van der Waals surface area contributed by atoms with Crippen LogP contribution in [0.25, 0.3) is 0 Å². The van der Waals surface area contributed by atoms with Gasteiger partial charge >= 0.3 is 156 Å². The molecule has 0 spiro atoms. The van der Waals surface area contributed by atoms with Crippen molar-refractivity contribution >= 4 is 14.7 Å². The minimum absolute atomic E-state index is 0. The molecule has 1 atom stereocenters. The minimum atomic E-state index is -0.352. The molecule has 0 saturated heterocycles. The van der Waals surface area contributed by atoms with Crippen molar-refractivity contribution in [3.05, 3.63) is 50.9 Å². The van der Waals surface area contributed by atoms with Crippen LogP contribution in [0, 0.1) is 5.92 Å². The number of hydrogen-bond acceptors (Lipinski definition) is 0. The molecule has 3 rings (SSSR count). The van der Waals surface area contributed by atoms with Crippen LogP contribution in [-0.4, -0.2) is 9.52 Å². The van der Waals surface area contributed by atoms with E-state index in [1.807, 2.05) is 0 Å². The zero-order chi connectivity index (χ0) is 16.4. The second-order valence-corrected chi connectivity index (χ2v) is 11.2. The summed E-state index contributed by atoms with van der Waals surface area (Å²) in [6.45, 7) is 7.30. The average Bonchev–Trinajstić information content (AvgIpc) is 2.72. The third kappa shape index (κ3) is 5.52. The molecule has 0 bridgehead atoms. The van der Waals surface area contributed by atoms with Crippen LogP contribution in [0.1, 0.15) is 59.3 Å². The van der Waals surface area contributed by atoms with E-state index in [9.17, 15) is 0 Å². The van der Waals surface area contributed by atoms with Crippen LogP contribution in [0.15, 0.2) is 50.9 Å². The summed E-state index contributed by atoms with van der Waals surface area (Å²) in [4.78, 5) is 0. The Labute approximate surface area is 192 Å². The second-order valence-electron chi connectivity index (χ2n) is 7.81. The molecule has 0 nitrogen and oxygen atoms in total. The molecule has 0 radical (unpaired) electrons. The molecule has 1 saturated carbocycles. The normalized spacial score (nSPS) is 23.7. The summed E-state index contributed by atoms with van der Waals surface area (Å²) in [7, 11) is -0.352. The van der Waals surface area contributed by atoms with Gasteiger partial charge in [-0.15, -0.1) is 0 Å². The standard InChI is InChI=1S/C21H29Si.3ClH.Ti/c1-16-15-21(3,22-19-12-8-5-9-13-19)20(17(16)2)14-18-10-6-4-7-11-18;;;;/h5,8-9,12-13,18H,4,6-7,10-11,14,22H2,1-3H3;3*1H;/q;;;;+3/p-3. The molecule has 1 unspecified atom stereocenters. The van der Waals surface area contributed by atoms with Crippen LogP contribution in [-0.2, 0) is 20.4 Å². The van der Waals surface area contributed by atoms with Crippen molar-refractivity contribution in [2.75, 3.05) is 0 Å². The van der Waals surface area contributed by atoms with Gasteiger partial charge in [0.15, 0.2) is 0 Å². The van der Waals surface area contributed by atoms with Gasteiger partial charge in [-0.2, -0.15) is 0 Å². The van der Waals surface area contributed by atoms with E-state index in [1.54, 1.807) is 25.8 Å². The van der Waals surface area contributed by atoms with E-state index in [-0.39, 0.29) is 46.7 Å². The Kier molecular flexibility index (Phi) is 11.7. The Morgan fingerprint density at radius 1 is 0.962 bits per heavy atom. The molecule has 26 heavy (non-hydrogen) atoms. The quantitative estimate of drug-likeness (QED) is 0.397. The molecule has 0 N–H and O–H groups in total. The van der Waals surface area contributed by atoms with Gasteiger partial charge in [0.05, 0.1) is 0 Å². The van der Waals surface area contributed by atoms with E-state index >= 15 is 0 Å². The van der Waals surface area contributed by atoms with E-state index in [2.05, 4.69) is 71.5 Å². The minimum Gasteiger partial charge on any atom is -1.00 e. The molecule has 142 valence electrons. The zero-order valence-electron chi connectivity index (χ0n) is 16.0. The number of allylic oxidation sites excluding steroid dienone is 4. The van der Waals surface area contributed by atoms with Gasteiger partial charge in [-0.05, 0) is 0 Å². The van der Waals surface area contributed by atoms with Crippen LogP contribution in [0.3, 0.4) is 0 Å². The maximum Gasteiger partial charge on any atom is -1.00 e. The van der Waals surface area contributed by atoms with Gasteiger partial charge in [0.2, 0.25) is 0 Å². The van der Waals surface area contributed by atoms with Crippen molar-refractivity contribution in [3.63, 3.8) is 0 Å². The average molecular weight is 464 g/mol. The first-order chi connectivity index (χ1) is 11.0. The van der Waals surface area contributed by atoms with Crippen LogP contribution in [0.5, 0.6) is 0 Å². The van der Waals surface area contributed by atoms with E-state index < -0.39 is 0 Å². The molecular weight excluding hydrogens is 435 g/mol. The first kappa shape index (κ1) is 26.5. The van der Waals surface area contributed by atoms with E-state index in [0.29, 0.717) is 5.04 Å². The fourth-order valence-corrected chi connectivity index (χ4v) is 7.98. The molecule has 5 heteroatoms. The molecule has 0 heterocycles. The number of hydrogen-bond donors (Lipinski definition) is 0. The van der Waals surface area contributed by atoms with Crippen molar-refractivity contribution in [3.8, 4) is 0 Å². The van der Waals surface area contributed by atoms with Gasteiger partial charge in [-0.3, -0.25) is 0 Å². The molecule has 0 aliphatic heterocycles. The summed E-state index contributed by atoms with van der Waals surface area (Å²) < 4.78 is 1.66. The molecule has 2 aliphatic rings. The molecule has 1 aromatic rings. The van der Waals surface area contributed by atoms with Gasteiger partial charge in [-0.25, -0.2) is 0 Å². The van der Waals surface area contributed by atoms with Crippen molar-refractivity contribution in [1.82, 2.24) is 0 Å². The smallest absolute Gasteiger partial charge is 1.00 e. The largest absolute Gasteiger partial charge is 1.00 e. The summed E-state index contributed by atoms with van der Waals surface area (Å²) in [6.07, 6.45) is 8.64. The Hall–Kier alpha value is 0.501. The summed E-state index contributed by atoms with van der Waals surface area (Å²) >= 11 is 2.41. The van der Waals surface area contributed by atoms with Gasteiger partial charge in [0.25, 0.3) is 0 Å². The van der Waals surface area contributed by atoms with Crippen LogP contribution in [0.4, 0.5) is 0 Å². The first-order valence-electron chi connectivity index (χ1n) is 9.20. The topological polar surface area (TPSA) is 0 Å². The van der Waals surface area contributed by atoms with Gasteiger partial charge < -0.3 is 37.2 Å². The molecule has 0 aromatic heterocycles. The number of benzene rings is 1. The van der Waals surface area contributed by atoms with Gasteiger partial charge in [0, 0.05) is 0 Å². The molecule has 1 aromatic carbocycles. The summed E-state index contributed by atoms with van der Waals surface area (Å²) in [6, 6.07) is 11.3. The second kappa shape index (κ2) is 11.5. The maximum atomic E-state index is 2.56. The fraction of sp³-hybridized carbons (Fsp3) is 0.524. The van der Waals surface area contributed by atoms with Gasteiger partial charge in [0.1, 0.15) is 0 Å². The van der Waals surface area contributed by atoms with Crippen molar-refractivity contribution in [1.29, 1.82) is 0 Å². The Morgan fingerprint density at radius 2 is 1.54 bits per heavy atom. The third-order valence-corrected chi connectivity index (χ3v) is 10.6. The van der Waals surface area contributed by atoms with Crippen LogP contribution >= 0.6 is 0 Å². The third-order valence-electron chi connectivity index (χ3n) is 6.23.